The van der Waals surface area contributed by atoms with E-state index in [1.165, 1.54) is 18.2 Å². The number of ether oxygens (including phenoxy) is 1. The summed E-state index contributed by atoms with van der Waals surface area (Å²) in [4.78, 5) is 0. The Morgan fingerprint density at radius 3 is 2.65 bits per heavy atom. The van der Waals surface area contributed by atoms with E-state index in [1.807, 2.05) is 0 Å². The van der Waals surface area contributed by atoms with Crippen LogP contribution in [0.5, 0.6) is 5.75 Å². The van der Waals surface area contributed by atoms with Gasteiger partial charge in [-0.1, -0.05) is 12.2 Å². The van der Waals surface area contributed by atoms with Crippen molar-refractivity contribution in [2.75, 3.05) is 11.6 Å². The van der Waals surface area contributed by atoms with Crippen molar-refractivity contribution in [3.63, 3.8) is 0 Å². The number of rotatable bonds is 4. The van der Waals surface area contributed by atoms with Crippen molar-refractivity contribution in [2.24, 2.45) is 0 Å². The average Bonchev–Trinajstić information content (AvgIpc) is 2.21. The number of nitrogens with two attached hydrogens (primary N) is 1. The van der Waals surface area contributed by atoms with Gasteiger partial charge in [0.15, 0.2) is 0 Å². The highest BCUT2D eigenvalue weighted by Crippen LogP contribution is 2.26. The molecule has 1 rings (SSSR count). The van der Waals surface area contributed by atoms with Crippen molar-refractivity contribution < 1.29 is 17.9 Å². The standard InChI is InChI=1S/C11H11ClF3NO/c12-6-2-1-3-8-7-9(4-5-10(8)16)17-11(13,14)15/h1,3-5,7H,2,6,16H2. The monoisotopic (exact) mass is 265 g/mol. The van der Waals surface area contributed by atoms with Gasteiger partial charge in [-0.2, -0.15) is 0 Å². The summed E-state index contributed by atoms with van der Waals surface area (Å²) in [6.07, 6.45) is -0.740. The van der Waals surface area contributed by atoms with Crippen LogP contribution in [-0.4, -0.2) is 12.2 Å². The van der Waals surface area contributed by atoms with E-state index in [4.69, 9.17) is 17.3 Å². The van der Waals surface area contributed by atoms with Crippen LogP contribution in [0.1, 0.15) is 12.0 Å². The molecule has 1 aromatic rings. The highest BCUT2D eigenvalue weighted by atomic mass is 35.5. The number of nitrogen functional groups attached to an aromatic ring is 1. The Bertz CT molecular complexity index is 404. The molecule has 0 amide bonds. The van der Waals surface area contributed by atoms with Crippen molar-refractivity contribution in [2.45, 2.75) is 12.8 Å². The highest BCUT2D eigenvalue weighted by Gasteiger charge is 2.31. The summed E-state index contributed by atoms with van der Waals surface area (Å²) in [6.45, 7) is 0. The Kier molecular flexibility index (Phi) is 4.69. The molecule has 0 saturated carbocycles. The fourth-order valence-electron chi connectivity index (χ4n) is 1.17. The van der Waals surface area contributed by atoms with E-state index in [0.29, 0.717) is 23.6 Å². The van der Waals surface area contributed by atoms with Gasteiger partial charge in [0.1, 0.15) is 5.75 Å². The highest BCUT2D eigenvalue weighted by molar-refractivity contribution is 6.17. The van der Waals surface area contributed by atoms with E-state index >= 15 is 0 Å². The molecule has 94 valence electrons. The van der Waals surface area contributed by atoms with Crippen molar-refractivity contribution in [3.05, 3.63) is 29.8 Å². The largest absolute Gasteiger partial charge is 0.573 e. The predicted molar refractivity (Wildman–Crippen MR) is 61.9 cm³/mol. The van der Waals surface area contributed by atoms with Gasteiger partial charge < -0.3 is 10.5 Å². The molecule has 0 saturated heterocycles. The molecule has 2 nitrogen and oxygen atoms in total. The topological polar surface area (TPSA) is 35.2 Å². The minimum Gasteiger partial charge on any atom is -0.406 e. The molecule has 0 spiro atoms. The number of benzene rings is 1. The molecular formula is C11H11ClF3NO. The number of halogens is 4. The molecule has 0 unspecified atom stereocenters. The van der Waals surface area contributed by atoms with E-state index in [2.05, 4.69) is 4.74 Å². The normalized spacial score (nSPS) is 12.0. The van der Waals surface area contributed by atoms with Gasteiger partial charge in [-0.3, -0.25) is 0 Å². The van der Waals surface area contributed by atoms with E-state index in [1.54, 1.807) is 12.2 Å². The van der Waals surface area contributed by atoms with Gasteiger partial charge in [0.25, 0.3) is 0 Å². The molecule has 0 aliphatic carbocycles. The molecule has 6 heteroatoms. The first-order valence-corrected chi connectivity index (χ1v) is 5.33. The summed E-state index contributed by atoms with van der Waals surface area (Å²) in [5.41, 5.74) is 6.46. The molecule has 0 fully saturated rings. The van der Waals surface area contributed by atoms with Crippen LogP contribution < -0.4 is 10.5 Å². The lowest BCUT2D eigenvalue weighted by Crippen LogP contribution is -2.17. The first kappa shape index (κ1) is 13.7. The van der Waals surface area contributed by atoms with Crippen molar-refractivity contribution in [1.29, 1.82) is 0 Å². The molecule has 1 aromatic carbocycles. The maximum atomic E-state index is 12.0. The molecule has 0 radical (unpaired) electrons. The van der Waals surface area contributed by atoms with E-state index in [0.717, 1.165) is 0 Å². The van der Waals surface area contributed by atoms with E-state index < -0.39 is 6.36 Å². The quantitative estimate of drug-likeness (QED) is 0.664. The van der Waals surface area contributed by atoms with Gasteiger partial charge in [0.05, 0.1) is 0 Å². The van der Waals surface area contributed by atoms with Gasteiger partial charge in [0.2, 0.25) is 0 Å². The Labute approximate surface area is 102 Å². The van der Waals surface area contributed by atoms with Crippen LogP contribution in [0.3, 0.4) is 0 Å². The zero-order valence-electron chi connectivity index (χ0n) is 8.80. The molecular weight excluding hydrogens is 255 g/mol. The SMILES string of the molecule is Nc1ccc(OC(F)(F)F)cc1C=CCCCl. The number of hydrogen-bond acceptors (Lipinski definition) is 2. The van der Waals surface area contributed by atoms with Crippen LogP contribution in [0.4, 0.5) is 18.9 Å². The molecule has 0 heterocycles. The van der Waals surface area contributed by atoms with Gasteiger partial charge in [-0.15, -0.1) is 24.8 Å². The predicted octanol–water partition coefficient (Wildman–Crippen LogP) is 3.81. The van der Waals surface area contributed by atoms with E-state index in [9.17, 15) is 13.2 Å². The van der Waals surface area contributed by atoms with Gasteiger partial charge >= 0.3 is 6.36 Å². The van der Waals surface area contributed by atoms with Crippen molar-refractivity contribution >= 4 is 23.4 Å². The smallest absolute Gasteiger partial charge is 0.406 e. The van der Waals surface area contributed by atoms with Crippen LogP contribution in [0.25, 0.3) is 6.08 Å². The summed E-state index contributed by atoms with van der Waals surface area (Å²) in [5.74, 6) is 0.145. The second-order valence-corrected chi connectivity index (χ2v) is 3.60. The summed E-state index contributed by atoms with van der Waals surface area (Å²) in [6, 6.07) is 3.76. The third-order valence-electron chi connectivity index (χ3n) is 1.87. The van der Waals surface area contributed by atoms with Gasteiger partial charge in [0, 0.05) is 17.1 Å². The molecule has 0 aliphatic rings. The number of anilines is 1. The third kappa shape index (κ3) is 4.99. The second-order valence-electron chi connectivity index (χ2n) is 3.22. The van der Waals surface area contributed by atoms with Crippen LogP contribution in [-0.2, 0) is 0 Å². The Balaban J connectivity index is 2.86. The number of hydrogen-bond donors (Lipinski definition) is 1. The van der Waals surface area contributed by atoms with Crippen LogP contribution in [0.2, 0.25) is 0 Å². The average molecular weight is 266 g/mol. The fourth-order valence-corrected chi connectivity index (χ4v) is 1.29. The molecule has 0 aliphatic heterocycles. The van der Waals surface area contributed by atoms with Gasteiger partial charge in [-0.05, 0) is 24.6 Å². The van der Waals surface area contributed by atoms with Crippen LogP contribution in [0, 0.1) is 0 Å². The van der Waals surface area contributed by atoms with Crippen LogP contribution >= 0.6 is 11.6 Å². The molecule has 0 bridgehead atoms. The van der Waals surface area contributed by atoms with Gasteiger partial charge in [-0.25, -0.2) is 0 Å². The first-order valence-electron chi connectivity index (χ1n) is 4.80. The first-order chi connectivity index (χ1) is 7.92. The lowest BCUT2D eigenvalue weighted by Gasteiger charge is -2.10. The maximum Gasteiger partial charge on any atom is 0.573 e. The minimum absolute atomic E-state index is 0.294. The summed E-state index contributed by atoms with van der Waals surface area (Å²) in [7, 11) is 0. The number of allylic oxidation sites excluding steroid dienone is 1. The molecule has 2 N–H and O–H groups in total. The van der Waals surface area contributed by atoms with Crippen molar-refractivity contribution in [3.8, 4) is 5.75 Å². The molecule has 17 heavy (non-hydrogen) atoms. The molecule has 0 aromatic heterocycles. The lowest BCUT2D eigenvalue weighted by atomic mass is 10.1. The summed E-state index contributed by atoms with van der Waals surface area (Å²) < 4.78 is 39.8. The summed E-state index contributed by atoms with van der Waals surface area (Å²) in [5, 5.41) is 0. The fraction of sp³-hybridized carbons (Fsp3) is 0.273. The number of alkyl halides is 4. The maximum absolute atomic E-state index is 12.0. The zero-order chi connectivity index (χ0) is 12.9. The third-order valence-corrected chi connectivity index (χ3v) is 2.08. The Morgan fingerprint density at radius 1 is 1.35 bits per heavy atom. The Morgan fingerprint density at radius 2 is 2.06 bits per heavy atom. The second kappa shape index (κ2) is 5.82. The zero-order valence-corrected chi connectivity index (χ0v) is 9.55. The minimum atomic E-state index is -4.70. The summed E-state index contributed by atoms with van der Waals surface area (Å²) >= 11 is 5.47. The lowest BCUT2D eigenvalue weighted by molar-refractivity contribution is -0.274. The van der Waals surface area contributed by atoms with E-state index in [-0.39, 0.29) is 5.75 Å². The Hall–Kier alpha value is -1.36. The van der Waals surface area contributed by atoms with Crippen molar-refractivity contribution in [1.82, 2.24) is 0 Å². The molecule has 0 atom stereocenters. The van der Waals surface area contributed by atoms with Crippen LogP contribution in [0.15, 0.2) is 24.3 Å².